The molecule has 0 saturated heterocycles. The fraction of sp³-hybridized carbons (Fsp3) is 0.462. The minimum Gasteiger partial charge on any atom is -0.234 e. The van der Waals surface area contributed by atoms with Crippen molar-refractivity contribution >= 4 is 28.3 Å². The minimum atomic E-state index is -1.20. The molecule has 1 aliphatic rings. The third-order valence-corrected chi connectivity index (χ3v) is 4.55. The lowest BCUT2D eigenvalue weighted by molar-refractivity contribution is 0.650. The van der Waals surface area contributed by atoms with Crippen LogP contribution in [0.3, 0.4) is 0 Å². The molecule has 0 N–H and O–H groups in total. The molecule has 0 heterocycles. The second kappa shape index (κ2) is 4.54. The van der Waals surface area contributed by atoms with Gasteiger partial charge in [0.15, 0.2) is 0 Å². The standard InChI is InChI=1S/C13H16ClNOS/c1-13(2,3)17(16)15-12-8-7-9-10(12)5-4-6-11(9)14/h4-6H,7-8H2,1-3H3/b15-12-/t17-/m1/s1. The van der Waals surface area contributed by atoms with Crippen molar-refractivity contribution in [2.45, 2.75) is 38.4 Å². The molecule has 0 aromatic heterocycles. The molecule has 0 aliphatic heterocycles. The van der Waals surface area contributed by atoms with Crippen molar-refractivity contribution in [3.63, 3.8) is 0 Å². The Morgan fingerprint density at radius 1 is 1.29 bits per heavy atom. The molecule has 0 radical (unpaired) electrons. The quantitative estimate of drug-likeness (QED) is 0.767. The molecule has 17 heavy (non-hydrogen) atoms. The Kier molecular flexibility index (Phi) is 3.41. The van der Waals surface area contributed by atoms with Crippen molar-refractivity contribution in [3.05, 3.63) is 34.3 Å². The summed E-state index contributed by atoms with van der Waals surface area (Å²) >= 11 is 6.13. The Bertz CT molecular complexity index is 503. The van der Waals surface area contributed by atoms with Crippen LogP contribution in [0.2, 0.25) is 5.02 Å². The summed E-state index contributed by atoms with van der Waals surface area (Å²) < 4.78 is 16.1. The zero-order valence-corrected chi connectivity index (χ0v) is 11.9. The van der Waals surface area contributed by atoms with Crippen LogP contribution in [0, 0.1) is 0 Å². The van der Waals surface area contributed by atoms with Crippen molar-refractivity contribution in [1.82, 2.24) is 0 Å². The molecule has 1 atom stereocenters. The maximum absolute atomic E-state index is 12.0. The first-order valence-corrected chi connectivity index (χ1v) is 7.15. The first-order valence-electron chi connectivity index (χ1n) is 5.67. The molecule has 1 aromatic carbocycles. The molecule has 0 unspecified atom stereocenters. The summed E-state index contributed by atoms with van der Waals surface area (Å²) in [4.78, 5) is 0. The molecule has 0 amide bonds. The van der Waals surface area contributed by atoms with Crippen LogP contribution in [-0.2, 0) is 17.4 Å². The number of benzene rings is 1. The van der Waals surface area contributed by atoms with Gasteiger partial charge in [-0.2, -0.15) is 4.40 Å². The van der Waals surface area contributed by atoms with Crippen molar-refractivity contribution in [1.29, 1.82) is 0 Å². The maximum Gasteiger partial charge on any atom is 0.145 e. The Morgan fingerprint density at radius 3 is 2.65 bits per heavy atom. The molecule has 4 heteroatoms. The second-order valence-corrected chi connectivity index (χ2v) is 7.48. The van der Waals surface area contributed by atoms with E-state index in [4.69, 9.17) is 11.6 Å². The van der Waals surface area contributed by atoms with Crippen LogP contribution in [0.25, 0.3) is 0 Å². The van der Waals surface area contributed by atoms with E-state index < -0.39 is 11.0 Å². The van der Waals surface area contributed by atoms with Gasteiger partial charge in [-0.3, -0.25) is 0 Å². The fourth-order valence-electron chi connectivity index (χ4n) is 1.79. The van der Waals surface area contributed by atoms with Crippen molar-refractivity contribution in [2.75, 3.05) is 0 Å². The normalized spacial score (nSPS) is 19.4. The first-order chi connectivity index (χ1) is 7.89. The van der Waals surface area contributed by atoms with Crippen molar-refractivity contribution < 1.29 is 4.21 Å². The van der Waals surface area contributed by atoms with Gasteiger partial charge in [-0.05, 0) is 45.2 Å². The molecule has 0 spiro atoms. The highest BCUT2D eigenvalue weighted by Crippen LogP contribution is 2.29. The van der Waals surface area contributed by atoms with Gasteiger partial charge in [-0.15, -0.1) is 0 Å². The predicted octanol–water partition coefficient (Wildman–Crippen LogP) is 3.54. The Labute approximate surface area is 110 Å². The molecule has 1 aromatic rings. The molecule has 0 fully saturated rings. The molecule has 0 bridgehead atoms. The summed E-state index contributed by atoms with van der Waals surface area (Å²) in [5.41, 5.74) is 3.13. The third kappa shape index (κ3) is 2.61. The van der Waals surface area contributed by atoms with E-state index in [9.17, 15) is 4.21 Å². The van der Waals surface area contributed by atoms with Gasteiger partial charge in [-0.1, -0.05) is 23.7 Å². The van der Waals surface area contributed by atoms with E-state index in [1.165, 1.54) is 0 Å². The minimum absolute atomic E-state index is 0.311. The van der Waals surface area contributed by atoms with Crippen molar-refractivity contribution in [2.24, 2.45) is 4.40 Å². The van der Waals surface area contributed by atoms with Gasteiger partial charge in [-0.25, -0.2) is 4.21 Å². The lowest BCUT2D eigenvalue weighted by Crippen LogP contribution is -2.20. The molecule has 1 aliphatic carbocycles. The van der Waals surface area contributed by atoms with Crippen LogP contribution in [-0.4, -0.2) is 14.7 Å². The topological polar surface area (TPSA) is 29.4 Å². The van der Waals surface area contributed by atoms with Crippen LogP contribution >= 0.6 is 11.6 Å². The average molecular weight is 270 g/mol. The van der Waals surface area contributed by atoms with Crippen LogP contribution in [0.1, 0.15) is 38.3 Å². The summed E-state index contributed by atoms with van der Waals surface area (Å²) in [6.07, 6.45) is 1.73. The number of hydrogen-bond donors (Lipinski definition) is 0. The van der Waals surface area contributed by atoms with Gasteiger partial charge in [0.2, 0.25) is 0 Å². The molecule has 2 nitrogen and oxygen atoms in total. The summed E-state index contributed by atoms with van der Waals surface area (Å²) in [7, 11) is -1.20. The SMILES string of the molecule is CC(C)(C)[S@@](=O)/N=C1/CCc2c(Cl)cccc21. The predicted molar refractivity (Wildman–Crippen MR) is 74.2 cm³/mol. The van der Waals surface area contributed by atoms with Crippen LogP contribution < -0.4 is 0 Å². The second-order valence-electron chi connectivity index (χ2n) is 5.17. The van der Waals surface area contributed by atoms with Gasteiger partial charge in [0.25, 0.3) is 0 Å². The zero-order valence-electron chi connectivity index (χ0n) is 10.3. The van der Waals surface area contributed by atoms with E-state index in [-0.39, 0.29) is 4.75 Å². The number of halogens is 1. The highest BCUT2D eigenvalue weighted by atomic mass is 35.5. The highest BCUT2D eigenvalue weighted by molar-refractivity contribution is 7.85. The van der Waals surface area contributed by atoms with E-state index in [2.05, 4.69) is 4.40 Å². The largest absolute Gasteiger partial charge is 0.234 e. The van der Waals surface area contributed by atoms with Crippen LogP contribution in [0.5, 0.6) is 0 Å². The summed E-state index contributed by atoms with van der Waals surface area (Å²) in [5.74, 6) is 0. The van der Waals surface area contributed by atoms with E-state index in [1.54, 1.807) is 0 Å². The number of hydrogen-bond acceptors (Lipinski definition) is 1. The van der Waals surface area contributed by atoms with Gasteiger partial charge >= 0.3 is 0 Å². The monoisotopic (exact) mass is 269 g/mol. The Balaban J connectivity index is 2.38. The zero-order chi connectivity index (χ0) is 12.6. The van der Waals surface area contributed by atoms with Crippen molar-refractivity contribution in [3.8, 4) is 0 Å². The first kappa shape index (κ1) is 12.8. The lowest BCUT2D eigenvalue weighted by atomic mass is 10.1. The Morgan fingerprint density at radius 2 is 2.00 bits per heavy atom. The number of fused-ring (bicyclic) bond motifs is 1. The van der Waals surface area contributed by atoms with Gasteiger partial charge < -0.3 is 0 Å². The molecule has 0 saturated carbocycles. The van der Waals surface area contributed by atoms with Gasteiger partial charge in [0, 0.05) is 10.6 Å². The molecular weight excluding hydrogens is 254 g/mol. The number of nitrogens with zero attached hydrogens (tertiary/aromatic N) is 1. The lowest BCUT2D eigenvalue weighted by Gasteiger charge is -2.14. The Hall–Kier alpha value is -0.670. The third-order valence-electron chi connectivity index (χ3n) is 2.76. The van der Waals surface area contributed by atoms with E-state index in [1.807, 2.05) is 39.0 Å². The summed E-state index contributed by atoms with van der Waals surface area (Å²) in [6.45, 7) is 5.79. The summed E-state index contributed by atoms with van der Waals surface area (Å²) in [6, 6.07) is 5.82. The summed E-state index contributed by atoms with van der Waals surface area (Å²) in [5, 5.41) is 0.786. The van der Waals surface area contributed by atoms with Crippen LogP contribution in [0.4, 0.5) is 0 Å². The van der Waals surface area contributed by atoms with E-state index >= 15 is 0 Å². The van der Waals surface area contributed by atoms with Gasteiger partial charge in [0.05, 0.1) is 10.5 Å². The van der Waals surface area contributed by atoms with E-state index in [0.717, 1.165) is 34.7 Å². The van der Waals surface area contributed by atoms with E-state index in [0.29, 0.717) is 0 Å². The average Bonchev–Trinajstić information content (AvgIpc) is 2.62. The van der Waals surface area contributed by atoms with Crippen LogP contribution in [0.15, 0.2) is 22.6 Å². The molecule has 2 rings (SSSR count). The number of rotatable bonds is 1. The molecular formula is C13H16ClNOS. The highest BCUT2D eigenvalue weighted by Gasteiger charge is 2.24. The molecule has 92 valence electrons. The smallest absolute Gasteiger partial charge is 0.145 e. The fourth-order valence-corrected chi connectivity index (χ4v) is 2.73. The maximum atomic E-state index is 12.0. The van der Waals surface area contributed by atoms with Gasteiger partial charge in [0.1, 0.15) is 11.0 Å².